The number of carbonyl (C=O) groups excluding carboxylic acids is 2. The standard InChI is InChI=1S/C18H13NO3S2/c1-22-17(21)13-7-9-14(10-8-13)19-16(20)15(24-18(19)23)11-12-5-3-2-4-6-12/h2-11H,1H3/b15-11-. The maximum absolute atomic E-state index is 12.7. The Balaban J connectivity index is 1.87. The van der Waals surface area contributed by atoms with E-state index in [1.807, 2.05) is 36.4 Å². The first kappa shape index (κ1) is 16.4. The molecule has 0 atom stereocenters. The summed E-state index contributed by atoms with van der Waals surface area (Å²) in [6.45, 7) is 0. The number of anilines is 1. The molecule has 120 valence electrons. The van der Waals surface area contributed by atoms with Gasteiger partial charge in [0.05, 0.1) is 23.3 Å². The van der Waals surface area contributed by atoms with Crippen LogP contribution in [0.2, 0.25) is 0 Å². The van der Waals surface area contributed by atoms with Gasteiger partial charge < -0.3 is 4.74 Å². The molecule has 3 rings (SSSR count). The second-order valence-corrected chi connectivity index (χ2v) is 6.64. The molecule has 1 aliphatic rings. The van der Waals surface area contributed by atoms with Crippen molar-refractivity contribution >= 4 is 51.9 Å². The molecule has 0 saturated carbocycles. The second-order valence-electron chi connectivity index (χ2n) is 4.97. The minimum atomic E-state index is -0.420. The third kappa shape index (κ3) is 3.25. The van der Waals surface area contributed by atoms with Crippen molar-refractivity contribution in [3.8, 4) is 0 Å². The first-order valence-corrected chi connectivity index (χ1v) is 8.34. The van der Waals surface area contributed by atoms with Gasteiger partial charge in [-0.1, -0.05) is 54.3 Å². The van der Waals surface area contributed by atoms with E-state index in [1.165, 1.54) is 23.8 Å². The van der Waals surface area contributed by atoms with E-state index in [2.05, 4.69) is 4.74 Å². The molecule has 1 heterocycles. The molecule has 0 radical (unpaired) electrons. The van der Waals surface area contributed by atoms with Crippen LogP contribution < -0.4 is 4.90 Å². The van der Waals surface area contributed by atoms with Crippen LogP contribution in [0.3, 0.4) is 0 Å². The summed E-state index contributed by atoms with van der Waals surface area (Å²) in [5, 5.41) is 0. The van der Waals surface area contributed by atoms with Crippen LogP contribution in [0.1, 0.15) is 15.9 Å². The second kappa shape index (κ2) is 6.98. The molecule has 2 aromatic carbocycles. The Bertz CT molecular complexity index is 829. The number of nitrogens with zero attached hydrogens (tertiary/aromatic N) is 1. The minimum absolute atomic E-state index is 0.167. The lowest BCUT2D eigenvalue weighted by Crippen LogP contribution is -2.27. The summed E-state index contributed by atoms with van der Waals surface area (Å²) < 4.78 is 5.13. The number of esters is 1. The molecule has 0 bridgehead atoms. The van der Waals surface area contributed by atoms with Gasteiger partial charge in [0.25, 0.3) is 5.91 Å². The van der Waals surface area contributed by atoms with E-state index >= 15 is 0 Å². The van der Waals surface area contributed by atoms with Crippen molar-refractivity contribution in [2.24, 2.45) is 0 Å². The molecular weight excluding hydrogens is 342 g/mol. The lowest BCUT2D eigenvalue weighted by atomic mass is 10.2. The molecule has 1 aliphatic heterocycles. The van der Waals surface area contributed by atoms with Crippen molar-refractivity contribution in [1.82, 2.24) is 0 Å². The van der Waals surface area contributed by atoms with Gasteiger partial charge in [-0.3, -0.25) is 9.69 Å². The van der Waals surface area contributed by atoms with Gasteiger partial charge in [-0.25, -0.2) is 4.79 Å². The molecule has 1 fully saturated rings. The van der Waals surface area contributed by atoms with Gasteiger partial charge in [0.15, 0.2) is 4.32 Å². The Kier molecular flexibility index (Phi) is 4.78. The van der Waals surface area contributed by atoms with Crippen molar-refractivity contribution in [3.63, 3.8) is 0 Å². The fourth-order valence-electron chi connectivity index (χ4n) is 2.26. The van der Waals surface area contributed by atoms with Crippen LogP contribution >= 0.6 is 24.0 Å². The SMILES string of the molecule is COC(=O)c1ccc(N2C(=O)/C(=C/c3ccccc3)SC2=S)cc1. The lowest BCUT2D eigenvalue weighted by Gasteiger charge is -2.14. The molecule has 0 unspecified atom stereocenters. The summed E-state index contributed by atoms with van der Waals surface area (Å²) in [5.41, 5.74) is 1.99. The topological polar surface area (TPSA) is 46.6 Å². The number of methoxy groups -OCH3 is 1. The van der Waals surface area contributed by atoms with E-state index in [9.17, 15) is 9.59 Å². The van der Waals surface area contributed by atoms with Crippen LogP contribution in [-0.2, 0) is 9.53 Å². The third-order valence-corrected chi connectivity index (χ3v) is 4.74. The average molecular weight is 355 g/mol. The molecule has 6 heteroatoms. The largest absolute Gasteiger partial charge is 0.465 e. The van der Waals surface area contributed by atoms with E-state index in [0.717, 1.165) is 5.56 Å². The fourth-order valence-corrected chi connectivity index (χ4v) is 3.55. The Hall–Kier alpha value is -2.44. The Morgan fingerprint density at radius 2 is 1.79 bits per heavy atom. The quantitative estimate of drug-likeness (QED) is 0.475. The summed E-state index contributed by atoms with van der Waals surface area (Å²) in [6, 6.07) is 16.2. The molecule has 2 aromatic rings. The van der Waals surface area contributed by atoms with Gasteiger partial charge in [0.2, 0.25) is 0 Å². The maximum atomic E-state index is 12.7. The normalized spacial score (nSPS) is 15.9. The summed E-state index contributed by atoms with van der Waals surface area (Å²) >= 11 is 6.60. The Labute approximate surface area is 149 Å². The van der Waals surface area contributed by atoms with Crippen LogP contribution in [0.4, 0.5) is 5.69 Å². The smallest absolute Gasteiger partial charge is 0.337 e. The molecule has 1 saturated heterocycles. The number of hydrogen-bond acceptors (Lipinski definition) is 5. The highest BCUT2D eigenvalue weighted by Crippen LogP contribution is 2.36. The van der Waals surface area contributed by atoms with Gasteiger partial charge in [0, 0.05) is 0 Å². The number of ether oxygens (including phenoxy) is 1. The van der Waals surface area contributed by atoms with Crippen molar-refractivity contribution < 1.29 is 14.3 Å². The van der Waals surface area contributed by atoms with Crippen molar-refractivity contribution in [1.29, 1.82) is 0 Å². The van der Waals surface area contributed by atoms with Crippen molar-refractivity contribution in [3.05, 3.63) is 70.6 Å². The average Bonchev–Trinajstić information content (AvgIpc) is 2.89. The number of thioether (sulfide) groups is 1. The predicted octanol–water partition coefficient (Wildman–Crippen LogP) is 3.88. The molecule has 1 amide bonds. The zero-order chi connectivity index (χ0) is 17.1. The van der Waals surface area contributed by atoms with Gasteiger partial charge in [-0.2, -0.15) is 0 Å². The molecule has 4 nitrogen and oxygen atoms in total. The zero-order valence-corrected chi connectivity index (χ0v) is 14.4. The third-order valence-electron chi connectivity index (χ3n) is 3.44. The fraction of sp³-hybridized carbons (Fsp3) is 0.0556. The summed E-state index contributed by atoms with van der Waals surface area (Å²) in [5.74, 6) is -0.587. The molecule has 0 aromatic heterocycles. The highest BCUT2D eigenvalue weighted by Gasteiger charge is 2.33. The van der Waals surface area contributed by atoms with Gasteiger partial charge in [-0.15, -0.1) is 0 Å². The van der Waals surface area contributed by atoms with Crippen LogP contribution in [0.5, 0.6) is 0 Å². The molecule has 0 N–H and O–H groups in total. The summed E-state index contributed by atoms with van der Waals surface area (Å²) in [7, 11) is 1.33. The van der Waals surface area contributed by atoms with Crippen LogP contribution in [-0.4, -0.2) is 23.3 Å². The first-order chi connectivity index (χ1) is 11.6. The zero-order valence-electron chi connectivity index (χ0n) is 12.8. The maximum Gasteiger partial charge on any atom is 0.337 e. The first-order valence-electron chi connectivity index (χ1n) is 7.11. The van der Waals surface area contributed by atoms with Gasteiger partial charge in [-0.05, 0) is 35.9 Å². The number of hydrogen-bond donors (Lipinski definition) is 0. The minimum Gasteiger partial charge on any atom is -0.465 e. The van der Waals surface area contributed by atoms with Crippen LogP contribution in [0.25, 0.3) is 6.08 Å². The van der Waals surface area contributed by atoms with Crippen molar-refractivity contribution in [2.75, 3.05) is 12.0 Å². The molecular formula is C18H13NO3S2. The van der Waals surface area contributed by atoms with Gasteiger partial charge >= 0.3 is 5.97 Å². The number of amides is 1. The van der Waals surface area contributed by atoms with E-state index < -0.39 is 5.97 Å². The highest BCUT2D eigenvalue weighted by atomic mass is 32.2. The summed E-state index contributed by atoms with van der Waals surface area (Å²) in [4.78, 5) is 26.2. The molecule has 0 aliphatic carbocycles. The molecule has 24 heavy (non-hydrogen) atoms. The van der Waals surface area contributed by atoms with Gasteiger partial charge in [0.1, 0.15) is 0 Å². The number of carbonyl (C=O) groups is 2. The lowest BCUT2D eigenvalue weighted by molar-refractivity contribution is -0.113. The Morgan fingerprint density at radius 3 is 2.42 bits per heavy atom. The van der Waals surface area contributed by atoms with Crippen LogP contribution in [0.15, 0.2) is 59.5 Å². The monoisotopic (exact) mass is 355 g/mol. The Morgan fingerprint density at radius 1 is 1.12 bits per heavy atom. The van der Waals surface area contributed by atoms with E-state index in [-0.39, 0.29) is 5.91 Å². The van der Waals surface area contributed by atoms with E-state index in [0.29, 0.717) is 20.5 Å². The summed E-state index contributed by atoms with van der Waals surface area (Å²) in [6.07, 6.45) is 1.82. The predicted molar refractivity (Wildman–Crippen MR) is 99.9 cm³/mol. The number of thiocarbonyl (C=S) groups is 1. The van der Waals surface area contributed by atoms with E-state index in [1.54, 1.807) is 24.3 Å². The van der Waals surface area contributed by atoms with E-state index in [4.69, 9.17) is 12.2 Å². The van der Waals surface area contributed by atoms with Crippen LogP contribution in [0, 0.1) is 0 Å². The van der Waals surface area contributed by atoms with Crippen molar-refractivity contribution in [2.45, 2.75) is 0 Å². The highest BCUT2D eigenvalue weighted by molar-refractivity contribution is 8.27. The number of benzene rings is 2. The molecule has 0 spiro atoms. The number of rotatable bonds is 3.